The van der Waals surface area contributed by atoms with E-state index in [4.69, 9.17) is 9.15 Å². The van der Waals surface area contributed by atoms with E-state index in [1.807, 2.05) is 38.1 Å². The summed E-state index contributed by atoms with van der Waals surface area (Å²) >= 11 is 0. The number of amides is 1. The lowest BCUT2D eigenvalue weighted by atomic mass is 9.75. The van der Waals surface area contributed by atoms with Crippen molar-refractivity contribution in [1.82, 2.24) is 20.6 Å². The normalized spacial score (nSPS) is 13.9. The number of hydrogen-bond acceptors (Lipinski definition) is 7. The number of fused-ring (bicyclic) bond motifs is 1. The first-order valence-corrected chi connectivity index (χ1v) is 14.0. The van der Waals surface area contributed by atoms with E-state index in [9.17, 15) is 9.59 Å². The maximum Gasteiger partial charge on any atom is 0.255 e. The Morgan fingerprint density at radius 3 is 2.40 bits per heavy atom. The molecule has 0 unspecified atom stereocenters. The fourth-order valence-electron chi connectivity index (χ4n) is 5.73. The minimum atomic E-state index is -0.609. The highest BCUT2D eigenvalue weighted by Crippen LogP contribution is 2.41. The Morgan fingerprint density at radius 1 is 1.05 bits per heavy atom. The molecule has 5 aromatic rings. The van der Waals surface area contributed by atoms with Gasteiger partial charge in [0.2, 0.25) is 0 Å². The van der Waals surface area contributed by atoms with Crippen LogP contribution in [0.1, 0.15) is 44.1 Å². The van der Waals surface area contributed by atoms with Crippen molar-refractivity contribution in [1.29, 1.82) is 0 Å². The molecule has 0 aliphatic carbocycles. The van der Waals surface area contributed by atoms with Crippen molar-refractivity contribution in [3.63, 3.8) is 0 Å². The molecular weight excluding hydrogens is 547 g/mol. The van der Waals surface area contributed by atoms with Crippen molar-refractivity contribution in [3.8, 4) is 28.2 Å². The number of rotatable bonds is 8. The van der Waals surface area contributed by atoms with Gasteiger partial charge < -0.3 is 19.8 Å². The number of hydrogen-bond donors (Lipinski definition) is 2. The molecule has 6 rings (SSSR count). The summed E-state index contributed by atoms with van der Waals surface area (Å²) in [5.74, 6) is 0.0633. The average Bonchev–Trinajstić information content (AvgIpc) is 3.40. The lowest BCUT2D eigenvalue weighted by molar-refractivity contribution is 0.0911. The highest BCUT2D eigenvalue weighted by Gasteiger charge is 2.43. The largest absolute Gasteiger partial charge is 0.496 e. The number of methoxy groups -OCH3 is 1. The van der Waals surface area contributed by atoms with E-state index in [1.165, 1.54) is 14.2 Å². The van der Waals surface area contributed by atoms with Crippen molar-refractivity contribution in [2.24, 2.45) is 0 Å². The lowest BCUT2D eigenvalue weighted by Gasteiger charge is -2.40. The molecule has 2 N–H and O–H groups in total. The molecule has 0 radical (unpaired) electrons. The van der Waals surface area contributed by atoms with E-state index >= 15 is 4.39 Å². The van der Waals surface area contributed by atoms with E-state index in [2.05, 4.69) is 20.6 Å². The van der Waals surface area contributed by atoms with Gasteiger partial charge in [-0.15, -0.1) is 0 Å². The summed E-state index contributed by atoms with van der Waals surface area (Å²) in [6.45, 7) is 4.93. The van der Waals surface area contributed by atoms with E-state index in [0.717, 1.165) is 5.56 Å². The quantitative estimate of drug-likeness (QED) is 0.224. The molecule has 3 aromatic carbocycles. The Hall–Kier alpha value is -4.89. The molecule has 2 aromatic heterocycles. The fourth-order valence-corrected chi connectivity index (χ4v) is 5.73. The number of furan rings is 1. The molecule has 0 bridgehead atoms. The van der Waals surface area contributed by atoms with Crippen LogP contribution in [-0.2, 0) is 5.41 Å². The SMILES string of the molecule is CNC(=O)c1c(-c2ccc(C)cc2)oc2ccc(-c3cc(C(=O)CC4(c5ncccn5)CNC4)c(OC)cc3C)c(F)c12. The van der Waals surface area contributed by atoms with Crippen molar-refractivity contribution >= 4 is 22.7 Å². The van der Waals surface area contributed by atoms with Crippen LogP contribution < -0.4 is 15.4 Å². The Kier molecular flexibility index (Phi) is 7.27. The number of ether oxygens (including phenoxy) is 1. The Morgan fingerprint density at radius 2 is 1.77 bits per heavy atom. The second-order valence-electron chi connectivity index (χ2n) is 11.0. The number of nitrogens with one attached hydrogen (secondary N) is 2. The van der Waals surface area contributed by atoms with Gasteiger partial charge in [-0.2, -0.15) is 0 Å². The summed E-state index contributed by atoms with van der Waals surface area (Å²) in [4.78, 5) is 35.8. The zero-order chi connectivity index (χ0) is 30.3. The van der Waals surface area contributed by atoms with Crippen molar-refractivity contribution in [2.75, 3.05) is 27.2 Å². The number of carbonyl (C=O) groups excluding carboxylic acids is 2. The summed E-state index contributed by atoms with van der Waals surface area (Å²) < 4.78 is 28.3. The molecule has 1 amide bonds. The Bertz CT molecular complexity index is 1860. The second-order valence-corrected chi connectivity index (χ2v) is 11.0. The molecule has 1 aliphatic rings. The predicted molar refractivity (Wildman–Crippen MR) is 162 cm³/mol. The molecule has 1 aliphatic heterocycles. The number of nitrogens with zero attached hydrogens (tertiary/aromatic N) is 2. The van der Waals surface area contributed by atoms with Crippen LogP contribution in [0.2, 0.25) is 0 Å². The van der Waals surface area contributed by atoms with Gasteiger partial charge in [-0.25, -0.2) is 14.4 Å². The third-order valence-electron chi connectivity index (χ3n) is 8.16. The minimum Gasteiger partial charge on any atom is -0.496 e. The summed E-state index contributed by atoms with van der Waals surface area (Å²) in [5, 5.41) is 5.94. The van der Waals surface area contributed by atoms with Crippen LogP contribution in [0.3, 0.4) is 0 Å². The number of Topliss-reactive ketones (excluding diaryl/α,β-unsaturated/α-hetero) is 1. The summed E-state index contributed by atoms with van der Waals surface area (Å²) in [5.41, 5.74) is 3.35. The highest BCUT2D eigenvalue weighted by molar-refractivity contribution is 6.12. The number of halogens is 1. The van der Waals surface area contributed by atoms with Gasteiger partial charge in [0.15, 0.2) is 5.78 Å². The van der Waals surface area contributed by atoms with Crippen molar-refractivity contribution in [3.05, 3.63) is 101 Å². The molecule has 0 saturated carbocycles. The molecule has 1 saturated heterocycles. The number of carbonyl (C=O) groups is 2. The zero-order valence-electron chi connectivity index (χ0n) is 24.4. The molecule has 9 heteroatoms. The first-order chi connectivity index (χ1) is 20.8. The van der Waals surface area contributed by atoms with Crippen LogP contribution in [0, 0.1) is 19.7 Å². The van der Waals surface area contributed by atoms with Crippen LogP contribution in [0.4, 0.5) is 4.39 Å². The standard InChI is InChI=1S/C34H31FN4O4/c1-19-6-8-21(9-7-19)31-29(32(41)36-3)28-26(43-31)11-10-22(30(28)35)23-15-24(27(42-4)14-20(23)2)25(40)16-34(17-37-18-34)33-38-12-5-13-39-33/h5-15,37H,16-18H2,1-4H3,(H,36,41). The molecule has 3 heterocycles. The Labute approximate surface area is 248 Å². The number of aromatic nitrogens is 2. The third-order valence-corrected chi connectivity index (χ3v) is 8.16. The first kappa shape index (κ1) is 28.2. The maximum atomic E-state index is 16.6. The molecule has 8 nitrogen and oxygen atoms in total. The molecule has 0 spiro atoms. The molecule has 0 atom stereocenters. The third kappa shape index (κ3) is 4.85. The molecule has 43 heavy (non-hydrogen) atoms. The van der Waals surface area contributed by atoms with Gasteiger partial charge in [0.25, 0.3) is 5.91 Å². The van der Waals surface area contributed by atoms with Crippen LogP contribution in [0.25, 0.3) is 33.4 Å². The summed E-state index contributed by atoms with van der Waals surface area (Å²) in [7, 11) is 3.00. The number of benzene rings is 3. The van der Waals surface area contributed by atoms with E-state index < -0.39 is 17.1 Å². The van der Waals surface area contributed by atoms with Crippen LogP contribution in [0.5, 0.6) is 5.75 Å². The van der Waals surface area contributed by atoms with Gasteiger partial charge in [0, 0.05) is 50.1 Å². The first-order valence-electron chi connectivity index (χ1n) is 14.0. The average molecular weight is 579 g/mol. The topological polar surface area (TPSA) is 106 Å². The second kappa shape index (κ2) is 11.1. The smallest absolute Gasteiger partial charge is 0.255 e. The zero-order valence-corrected chi connectivity index (χ0v) is 24.4. The van der Waals surface area contributed by atoms with Crippen LogP contribution in [-0.4, -0.2) is 48.9 Å². The van der Waals surface area contributed by atoms with E-state index in [-0.39, 0.29) is 40.1 Å². The van der Waals surface area contributed by atoms with Gasteiger partial charge in [0.05, 0.1) is 29.0 Å². The minimum absolute atomic E-state index is 0.0799. The molecule has 1 fully saturated rings. The van der Waals surface area contributed by atoms with Crippen molar-refractivity contribution < 1.29 is 23.1 Å². The summed E-state index contributed by atoms with van der Waals surface area (Å²) in [6, 6.07) is 15.9. The Balaban J connectivity index is 1.47. The van der Waals surface area contributed by atoms with Gasteiger partial charge in [0.1, 0.15) is 28.7 Å². The van der Waals surface area contributed by atoms with Gasteiger partial charge in [-0.05, 0) is 55.3 Å². The van der Waals surface area contributed by atoms with Gasteiger partial charge in [-0.3, -0.25) is 9.59 Å². The maximum absolute atomic E-state index is 16.6. The highest BCUT2D eigenvalue weighted by atomic mass is 19.1. The monoisotopic (exact) mass is 578 g/mol. The van der Waals surface area contributed by atoms with Crippen LogP contribution >= 0.6 is 0 Å². The van der Waals surface area contributed by atoms with Crippen LogP contribution in [0.15, 0.2) is 71.4 Å². The molecular formula is C34H31FN4O4. The predicted octanol–water partition coefficient (Wildman–Crippen LogP) is 5.79. The van der Waals surface area contributed by atoms with Crippen molar-refractivity contribution in [2.45, 2.75) is 25.7 Å². The number of ketones is 1. The van der Waals surface area contributed by atoms with Gasteiger partial charge in [-0.1, -0.05) is 29.8 Å². The lowest BCUT2D eigenvalue weighted by Crippen LogP contribution is -2.58. The van der Waals surface area contributed by atoms with E-state index in [0.29, 0.717) is 46.9 Å². The molecule has 218 valence electrons. The number of aryl methyl sites for hydroxylation is 2. The summed E-state index contributed by atoms with van der Waals surface area (Å²) in [6.07, 6.45) is 3.50. The fraction of sp³-hybridized carbons (Fsp3) is 0.235. The van der Waals surface area contributed by atoms with E-state index in [1.54, 1.807) is 42.7 Å². The van der Waals surface area contributed by atoms with Gasteiger partial charge >= 0.3 is 0 Å².